The molecule has 4 aromatic carbocycles. The summed E-state index contributed by atoms with van der Waals surface area (Å²) in [5.74, 6) is -0.589. The van der Waals surface area contributed by atoms with E-state index in [1.165, 1.54) is 17.0 Å². The van der Waals surface area contributed by atoms with Gasteiger partial charge in [0.1, 0.15) is 18.3 Å². The van der Waals surface area contributed by atoms with Crippen LogP contribution in [0.3, 0.4) is 0 Å². The number of nitrogens with one attached hydrogen (secondary N) is 1. The Morgan fingerprint density at radius 1 is 0.822 bits per heavy atom. The fourth-order valence-corrected chi connectivity index (χ4v) is 6.47. The Hall–Kier alpha value is -4.34. The van der Waals surface area contributed by atoms with Crippen molar-refractivity contribution in [3.8, 4) is 5.75 Å². The van der Waals surface area contributed by atoms with Crippen LogP contribution in [0.4, 0.5) is 5.69 Å². The van der Waals surface area contributed by atoms with Gasteiger partial charge in [0, 0.05) is 24.0 Å². The highest BCUT2D eigenvalue weighted by atomic mass is 35.5. The first-order valence-electron chi connectivity index (χ1n) is 14.8. The van der Waals surface area contributed by atoms with Gasteiger partial charge in [-0.05, 0) is 68.3 Å². The van der Waals surface area contributed by atoms with Gasteiger partial charge >= 0.3 is 0 Å². The summed E-state index contributed by atoms with van der Waals surface area (Å²) < 4.78 is 35.2. The lowest BCUT2D eigenvalue weighted by molar-refractivity contribution is -0.140. The third-order valence-electron chi connectivity index (χ3n) is 7.01. The molecule has 0 aliphatic heterocycles. The molecule has 0 saturated heterocycles. The Balaban J connectivity index is 1.83. The van der Waals surface area contributed by atoms with Crippen molar-refractivity contribution in [1.82, 2.24) is 10.2 Å². The van der Waals surface area contributed by atoms with E-state index in [1.54, 1.807) is 73.7 Å². The van der Waals surface area contributed by atoms with Gasteiger partial charge in [0.15, 0.2) is 0 Å². The molecular weight excluding hydrogens is 610 g/mol. The SMILES string of the molecule is CCOc1ccccc1N(CC(=O)N(Cc1ccc(Cl)cc1)[C@@H](Cc1ccccc1)C(=O)NC(C)C)S(=O)(=O)c1ccccc1. The fraction of sp³-hybridized carbons (Fsp3) is 0.257. The van der Waals surface area contributed by atoms with Gasteiger partial charge in [-0.2, -0.15) is 0 Å². The molecule has 236 valence electrons. The number of amides is 2. The molecule has 0 saturated carbocycles. The normalized spacial score (nSPS) is 11.9. The average Bonchev–Trinajstić information content (AvgIpc) is 3.03. The Labute approximate surface area is 270 Å². The highest BCUT2D eigenvalue weighted by Crippen LogP contribution is 2.33. The number of para-hydroxylation sites is 2. The van der Waals surface area contributed by atoms with Crippen LogP contribution < -0.4 is 14.4 Å². The Morgan fingerprint density at radius 2 is 1.42 bits per heavy atom. The Bertz CT molecular complexity index is 1670. The second-order valence-electron chi connectivity index (χ2n) is 10.7. The van der Waals surface area contributed by atoms with E-state index >= 15 is 0 Å². The van der Waals surface area contributed by atoms with Crippen molar-refractivity contribution in [3.05, 3.63) is 125 Å². The van der Waals surface area contributed by atoms with Gasteiger partial charge in [0.25, 0.3) is 10.0 Å². The van der Waals surface area contributed by atoms with E-state index in [2.05, 4.69) is 5.32 Å². The minimum Gasteiger partial charge on any atom is -0.492 e. The number of carbonyl (C=O) groups excluding carboxylic acids is 2. The predicted octanol–water partition coefficient (Wildman–Crippen LogP) is 6.10. The molecule has 0 heterocycles. The lowest BCUT2D eigenvalue weighted by atomic mass is 10.0. The third-order valence-corrected chi connectivity index (χ3v) is 9.04. The number of anilines is 1. The summed E-state index contributed by atoms with van der Waals surface area (Å²) in [7, 11) is -4.24. The standard InChI is InChI=1S/C35H38ClN3O5S/c1-4-44-33-18-12-11-17-31(33)39(45(42,43)30-15-9-6-10-16-30)25-34(40)38(24-28-19-21-29(36)22-20-28)32(35(41)37-26(2)3)23-27-13-7-5-8-14-27/h5-22,26,32H,4,23-25H2,1-3H3,(H,37,41)/t32-/m0/s1. The van der Waals surface area contributed by atoms with Crippen molar-refractivity contribution < 1.29 is 22.7 Å². The van der Waals surface area contributed by atoms with Crippen LogP contribution in [-0.2, 0) is 32.6 Å². The van der Waals surface area contributed by atoms with Crippen LogP contribution >= 0.6 is 11.6 Å². The van der Waals surface area contributed by atoms with Crippen molar-refractivity contribution >= 4 is 39.1 Å². The van der Waals surface area contributed by atoms with Crippen LogP contribution in [0.5, 0.6) is 5.75 Å². The number of sulfonamides is 1. The molecule has 8 nitrogen and oxygen atoms in total. The highest BCUT2D eigenvalue weighted by Gasteiger charge is 2.35. The van der Waals surface area contributed by atoms with Gasteiger partial charge in [-0.25, -0.2) is 8.42 Å². The number of benzene rings is 4. The topological polar surface area (TPSA) is 96.0 Å². The van der Waals surface area contributed by atoms with E-state index in [1.807, 2.05) is 44.2 Å². The number of carbonyl (C=O) groups is 2. The maximum absolute atomic E-state index is 14.5. The van der Waals surface area contributed by atoms with Crippen molar-refractivity contribution in [2.75, 3.05) is 17.5 Å². The van der Waals surface area contributed by atoms with E-state index in [0.29, 0.717) is 17.4 Å². The minimum absolute atomic E-state index is 0.0201. The summed E-state index contributed by atoms with van der Waals surface area (Å²) in [4.78, 5) is 29.8. The molecule has 1 N–H and O–H groups in total. The second-order valence-corrected chi connectivity index (χ2v) is 13.0. The lowest BCUT2D eigenvalue weighted by Gasteiger charge is -2.34. The van der Waals surface area contributed by atoms with Gasteiger partial charge in [-0.3, -0.25) is 13.9 Å². The first kappa shape index (κ1) is 33.6. The number of hydrogen-bond donors (Lipinski definition) is 1. The van der Waals surface area contributed by atoms with E-state index in [-0.39, 0.29) is 35.5 Å². The van der Waals surface area contributed by atoms with Crippen LogP contribution in [0.15, 0.2) is 114 Å². The molecule has 1 atom stereocenters. The van der Waals surface area contributed by atoms with E-state index in [4.69, 9.17) is 16.3 Å². The number of ether oxygens (including phenoxy) is 1. The molecule has 10 heteroatoms. The summed E-state index contributed by atoms with van der Waals surface area (Å²) in [6.45, 7) is 5.26. The smallest absolute Gasteiger partial charge is 0.264 e. The van der Waals surface area contributed by atoms with Gasteiger partial charge in [-0.15, -0.1) is 0 Å². The predicted molar refractivity (Wildman–Crippen MR) is 178 cm³/mol. The summed E-state index contributed by atoms with van der Waals surface area (Å²) in [6, 6.07) is 29.9. The summed E-state index contributed by atoms with van der Waals surface area (Å²) in [6.07, 6.45) is 0.222. The molecule has 4 aromatic rings. The van der Waals surface area contributed by atoms with Crippen LogP contribution in [-0.4, -0.2) is 50.4 Å². The lowest BCUT2D eigenvalue weighted by Crippen LogP contribution is -2.54. The minimum atomic E-state index is -4.24. The molecule has 0 aliphatic rings. The van der Waals surface area contributed by atoms with Gasteiger partial charge in [-0.1, -0.05) is 84.4 Å². The zero-order chi connectivity index (χ0) is 32.4. The zero-order valence-electron chi connectivity index (χ0n) is 25.6. The number of halogens is 1. The Kier molecular flexibility index (Phi) is 11.6. The van der Waals surface area contributed by atoms with E-state index < -0.39 is 28.5 Å². The second kappa shape index (κ2) is 15.6. The van der Waals surface area contributed by atoms with Crippen molar-refractivity contribution in [1.29, 1.82) is 0 Å². The third kappa shape index (κ3) is 8.86. The van der Waals surface area contributed by atoms with Crippen molar-refractivity contribution in [3.63, 3.8) is 0 Å². The molecule has 4 rings (SSSR count). The molecule has 45 heavy (non-hydrogen) atoms. The van der Waals surface area contributed by atoms with Crippen molar-refractivity contribution in [2.24, 2.45) is 0 Å². The first-order valence-corrected chi connectivity index (χ1v) is 16.6. The zero-order valence-corrected chi connectivity index (χ0v) is 27.2. The Morgan fingerprint density at radius 3 is 2.04 bits per heavy atom. The van der Waals surface area contributed by atoms with Gasteiger partial charge in [0.05, 0.1) is 17.2 Å². The van der Waals surface area contributed by atoms with Gasteiger partial charge < -0.3 is 15.0 Å². The monoisotopic (exact) mass is 647 g/mol. The largest absolute Gasteiger partial charge is 0.492 e. The quantitative estimate of drug-likeness (QED) is 0.179. The molecule has 2 amide bonds. The van der Waals surface area contributed by atoms with Gasteiger partial charge in [0.2, 0.25) is 11.8 Å². The van der Waals surface area contributed by atoms with E-state index in [9.17, 15) is 18.0 Å². The molecule has 0 bridgehead atoms. The summed E-state index contributed by atoms with van der Waals surface area (Å²) in [5.41, 5.74) is 1.80. The van der Waals surface area contributed by atoms with Crippen LogP contribution in [0.2, 0.25) is 5.02 Å². The molecule has 0 unspecified atom stereocenters. The fourth-order valence-electron chi connectivity index (χ4n) is 4.89. The number of nitrogens with zero attached hydrogens (tertiary/aromatic N) is 2. The van der Waals surface area contributed by atoms with Crippen LogP contribution in [0.1, 0.15) is 31.9 Å². The molecule has 0 spiro atoms. The van der Waals surface area contributed by atoms with Crippen LogP contribution in [0.25, 0.3) is 0 Å². The molecule has 0 aromatic heterocycles. The first-order chi connectivity index (χ1) is 21.6. The maximum atomic E-state index is 14.5. The summed E-state index contributed by atoms with van der Waals surface area (Å²) in [5, 5.41) is 3.48. The average molecular weight is 648 g/mol. The number of rotatable bonds is 14. The molecular formula is C35H38ClN3O5S. The highest BCUT2D eigenvalue weighted by molar-refractivity contribution is 7.92. The molecule has 0 aliphatic carbocycles. The molecule has 0 fully saturated rings. The maximum Gasteiger partial charge on any atom is 0.264 e. The van der Waals surface area contributed by atoms with E-state index in [0.717, 1.165) is 15.4 Å². The number of hydrogen-bond acceptors (Lipinski definition) is 5. The molecule has 0 radical (unpaired) electrons. The summed E-state index contributed by atoms with van der Waals surface area (Å²) >= 11 is 6.14. The van der Waals surface area contributed by atoms with Crippen LogP contribution in [0, 0.1) is 0 Å². The van der Waals surface area contributed by atoms with Crippen molar-refractivity contribution in [2.45, 2.75) is 50.7 Å².